The first-order valence-electron chi connectivity index (χ1n) is 13.9. The molecule has 6 rings (SSSR count). The summed E-state index contributed by atoms with van der Waals surface area (Å²) in [6.45, 7) is 2.06. The van der Waals surface area contributed by atoms with Gasteiger partial charge in [-0.2, -0.15) is 0 Å². The van der Waals surface area contributed by atoms with Gasteiger partial charge in [0.1, 0.15) is 5.82 Å². The van der Waals surface area contributed by atoms with Crippen LogP contribution in [-0.4, -0.2) is 35.0 Å². The third-order valence-electron chi connectivity index (χ3n) is 7.78. The van der Waals surface area contributed by atoms with Crippen molar-refractivity contribution in [1.29, 1.82) is 0 Å². The first-order chi connectivity index (χ1) is 19.6. The predicted molar refractivity (Wildman–Crippen MR) is 160 cm³/mol. The van der Waals surface area contributed by atoms with E-state index in [4.69, 9.17) is 4.98 Å². The van der Waals surface area contributed by atoms with Crippen LogP contribution in [0.15, 0.2) is 109 Å². The van der Waals surface area contributed by atoms with Crippen molar-refractivity contribution < 1.29 is 4.39 Å². The smallest absolute Gasteiger partial charge is 0.227 e. The number of hydrogen-bond donors (Lipinski definition) is 1. The summed E-state index contributed by atoms with van der Waals surface area (Å²) in [4.78, 5) is 11.9. The Morgan fingerprint density at radius 3 is 2.17 bits per heavy atom. The highest BCUT2D eigenvalue weighted by Crippen LogP contribution is 2.42. The van der Waals surface area contributed by atoms with Crippen LogP contribution in [0.25, 0.3) is 11.3 Å². The first kappa shape index (κ1) is 25.9. The highest BCUT2D eigenvalue weighted by Gasteiger charge is 2.28. The molecule has 1 aliphatic carbocycles. The second-order valence-electron chi connectivity index (χ2n) is 10.5. The SMILES string of the molecule is CN(CCc1ccccc1)CCc1ccc(Nc2ncc3c(n2)-c2ccccc2[C@H](c2ccccc2F)C3)cc1. The van der Waals surface area contributed by atoms with Crippen LogP contribution in [0.4, 0.5) is 16.0 Å². The lowest BCUT2D eigenvalue weighted by Gasteiger charge is -2.27. The third kappa shape index (κ3) is 5.80. The summed E-state index contributed by atoms with van der Waals surface area (Å²) in [7, 11) is 2.18. The maximum Gasteiger partial charge on any atom is 0.227 e. The van der Waals surface area contributed by atoms with Crippen LogP contribution in [0.5, 0.6) is 0 Å². The minimum Gasteiger partial charge on any atom is -0.324 e. The van der Waals surface area contributed by atoms with Gasteiger partial charge in [-0.15, -0.1) is 0 Å². The Labute approximate surface area is 235 Å². The van der Waals surface area contributed by atoms with Crippen molar-refractivity contribution in [3.05, 3.63) is 143 Å². The Morgan fingerprint density at radius 2 is 1.43 bits per heavy atom. The fourth-order valence-electron chi connectivity index (χ4n) is 5.51. The Balaban J connectivity index is 1.11. The number of halogens is 1. The molecule has 1 heterocycles. The minimum atomic E-state index is -0.174. The Bertz CT molecular complexity index is 1580. The van der Waals surface area contributed by atoms with Crippen LogP contribution < -0.4 is 5.32 Å². The monoisotopic (exact) mass is 528 g/mol. The van der Waals surface area contributed by atoms with E-state index in [0.717, 1.165) is 54.0 Å². The molecule has 0 aliphatic heterocycles. The number of rotatable bonds is 9. The highest BCUT2D eigenvalue weighted by molar-refractivity contribution is 5.73. The molecule has 0 radical (unpaired) electrons. The maximum absolute atomic E-state index is 14.7. The van der Waals surface area contributed by atoms with E-state index in [1.807, 2.05) is 30.5 Å². The molecule has 0 saturated heterocycles. The number of hydrogen-bond acceptors (Lipinski definition) is 4. The summed E-state index contributed by atoms with van der Waals surface area (Å²) in [6.07, 6.45) is 4.62. The number of nitrogens with zero attached hydrogens (tertiary/aromatic N) is 3. The lowest BCUT2D eigenvalue weighted by Crippen LogP contribution is -2.23. The first-order valence-corrected chi connectivity index (χ1v) is 13.9. The van der Waals surface area contributed by atoms with E-state index in [2.05, 4.69) is 89.0 Å². The fourth-order valence-corrected chi connectivity index (χ4v) is 5.51. The van der Waals surface area contributed by atoms with E-state index in [1.165, 1.54) is 17.2 Å². The number of anilines is 2. The Kier molecular flexibility index (Phi) is 7.64. The number of likely N-dealkylation sites (N-methyl/N-ethyl adjacent to an activating group) is 1. The molecule has 0 spiro atoms. The van der Waals surface area contributed by atoms with Crippen LogP contribution in [0, 0.1) is 5.82 Å². The van der Waals surface area contributed by atoms with Gasteiger partial charge in [-0.05, 0) is 72.3 Å². The van der Waals surface area contributed by atoms with Crippen molar-refractivity contribution in [1.82, 2.24) is 14.9 Å². The van der Waals surface area contributed by atoms with Gasteiger partial charge in [0.05, 0.1) is 5.69 Å². The summed E-state index contributed by atoms with van der Waals surface area (Å²) in [5.41, 5.74) is 8.43. The van der Waals surface area contributed by atoms with Gasteiger partial charge in [-0.3, -0.25) is 0 Å². The standard InChI is InChI=1S/C35H33FN4/c1-40(21-19-25-9-3-2-4-10-25)22-20-26-15-17-28(18-16-26)38-35-37-24-27-23-32(30-12-7-8-14-33(30)36)29-11-5-6-13-31(29)34(27)39-35/h2-18,24,32H,19-23H2,1H3,(H,37,38,39)/t32-/m1/s1. The van der Waals surface area contributed by atoms with Crippen molar-refractivity contribution in [3.63, 3.8) is 0 Å². The summed E-state index contributed by atoms with van der Waals surface area (Å²) in [5.74, 6) is 0.329. The van der Waals surface area contributed by atoms with E-state index in [0.29, 0.717) is 17.9 Å². The van der Waals surface area contributed by atoms with Crippen LogP contribution >= 0.6 is 0 Å². The van der Waals surface area contributed by atoms with E-state index >= 15 is 0 Å². The maximum atomic E-state index is 14.7. The minimum absolute atomic E-state index is 0.0581. The lowest BCUT2D eigenvalue weighted by atomic mass is 9.78. The zero-order valence-corrected chi connectivity index (χ0v) is 22.7. The summed E-state index contributed by atoms with van der Waals surface area (Å²) >= 11 is 0. The van der Waals surface area contributed by atoms with E-state index in [9.17, 15) is 4.39 Å². The normalized spacial score (nSPS) is 14.0. The number of aromatic nitrogens is 2. The molecular formula is C35H33FN4. The molecule has 1 aromatic heterocycles. The number of nitrogens with one attached hydrogen (secondary N) is 1. The molecule has 5 heteroatoms. The lowest BCUT2D eigenvalue weighted by molar-refractivity contribution is 0.343. The molecular weight excluding hydrogens is 495 g/mol. The zero-order valence-electron chi connectivity index (χ0n) is 22.7. The molecule has 1 atom stereocenters. The van der Waals surface area contributed by atoms with Gasteiger partial charge in [0.25, 0.3) is 0 Å². The highest BCUT2D eigenvalue weighted by atomic mass is 19.1. The van der Waals surface area contributed by atoms with Gasteiger partial charge >= 0.3 is 0 Å². The van der Waals surface area contributed by atoms with Gasteiger partial charge in [0.2, 0.25) is 5.95 Å². The predicted octanol–water partition coefficient (Wildman–Crippen LogP) is 7.43. The molecule has 4 aromatic carbocycles. The third-order valence-corrected chi connectivity index (χ3v) is 7.78. The molecule has 40 heavy (non-hydrogen) atoms. The molecule has 1 aliphatic rings. The van der Waals surface area contributed by atoms with Crippen molar-refractivity contribution in [2.24, 2.45) is 0 Å². The zero-order chi connectivity index (χ0) is 27.3. The molecule has 4 nitrogen and oxygen atoms in total. The molecule has 0 unspecified atom stereocenters. The average molecular weight is 529 g/mol. The van der Waals surface area contributed by atoms with Gasteiger partial charge in [0.15, 0.2) is 0 Å². The van der Waals surface area contributed by atoms with Crippen LogP contribution in [0.1, 0.15) is 33.7 Å². The van der Waals surface area contributed by atoms with E-state index in [1.54, 1.807) is 6.07 Å². The van der Waals surface area contributed by atoms with Gasteiger partial charge in [0, 0.05) is 36.5 Å². The number of fused-ring (bicyclic) bond motifs is 3. The van der Waals surface area contributed by atoms with Gasteiger partial charge < -0.3 is 10.2 Å². The largest absolute Gasteiger partial charge is 0.324 e. The molecule has 0 fully saturated rings. The Morgan fingerprint density at radius 1 is 0.775 bits per heavy atom. The van der Waals surface area contributed by atoms with Crippen LogP contribution in [-0.2, 0) is 19.3 Å². The van der Waals surface area contributed by atoms with E-state index < -0.39 is 0 Å². The average Bonchev–Trinajstić information content (AvgIpc) is 3.00. The summed E-state index contributed by atoms with van der Waals surface area (Å²) < 4.78 is 14.7. The van der Waals surface area contributed by atoms with Gasteiger partial charge in [-0.25, -0.2) is 14.4 Å². The summed E-state index contributed by atoms with van der Waals surface area (Å²) in [5, 5.41) is 3.37. The topological polar surface area (TPSA) is 41.0 Å². The second-order valence-corrected chi connectivity index (χ2v) is 10.5. The van der Waals surface area contributed by atoms with Crippen molar-refractivity contribution in [2.75, 3.05) is 25.5 Å². The molecule has 0 saturated carbocycles. The van der Waals surface area contributed by atoms with E-state index in [-0.39, 0.29) is 11.7 Å². The van der Waals surface area contributed by atoms with Crippen LogP contribution in [0.3, 0.4) is 0 Å². The molecule has 1 N–H and O–H groups in total. The van der Waals surface area contributed by atoms with Gasteiger partial charge in [-0.1, -0.05) is 84.9 Å². The van der Waals surface area contributed by atoms with Crippen molar-refractivity contribution in [2.45, 2.75) is 25.2 Å². The molecule has 0 bridgehead atoms. The van der Waals surface area contributed by atoms with Crippen molar-refractivity contribution >= 4 is 11.6 Å². The quantitative estimate of drug-likeness (QED) is 0.216. The van der Waals surface area contributed by atoms with Crippen LogP contribution in [0.2, 0.25) is 0 Å². The number of benzene rings is 4. The molecule has 200 valence electrons. The Hall–Kier alpha value is -4.35. The summed E-state index contributed by atoms with van der Waals surface area (Å²) in [6, 6.07) is 34.4. The second kappa shape index (κ2) is 11.8. The van der Waals surface area contributed by atoms with Crippen molar-refractivity contribution in [3.8, 4) is 11.3 Å². The molecule has 5 aromatic rings. The molecule has 0 amide bonds. The fraction of sp³-hybridized carbons (Fsp3) is 0.200.